The summed E-state index contributed by atoms with van der Waals surface area (Å²) in [5, 5.41) is 13.8. The monoisotopic (exact) mass is 391 g/mol. The summed E-state index contributed by atoms with van der Waals surface area (Å²) in [6.45, 7) is -2.38. The third-order valence-corrected chi connectivity index (χ3v) is 6.90. The number of piperidine rings is 1. The molecule has 1 N–H and O–H groups in total. The van der Waals surface area contributed by atoms with Crippen LogP contribution < -0.4 is 10.1 Å². The van der Waals surface area contributed by atoms with Gasteiger partial charge in [-0.1, -0.05) is 0 Å². The Morgan fingerprint density at radius 2 is 1.88 bits per heavy atom. The van der Waals surface area contributed by atoms with Gasteiger partial charge in [-0.25, -0.2) is 12.7 Å². The quantitative estimate of drug-likeness (QED) is 0.566. The van der Waals surface area contributed by atoms with Crippen LogP contribution in [0.2, 0.25) is 0 Å². The number of anilines is 1. The van der Waals surface area contributed by atoms with Crippen molar-refractivity contribution in [2.75, 3.05) is 18.4 Å². The van der Waals surface area contributed by atoms with Crippen LogP contribution in [0.15, 0.2) is 18.2 Å². The van der Waals surface area contributed by atoms with E-state index in [4.69, 9.17) is 0 Å². The van der Waals surface area contributed by atoms with Gasteiger partial charge in [-0.05, 0) is 31.7 Å². The number of nitro groups is 1. The Hall–Kier alpha value is -2.01. The van der Waals surface area contributed by atoms with Gasteiger partial charge in [-0.3, -0.25) is 10.1 Å². The maximum Gasteiger partial charge on any atom is 0.387 e. The van der Waals surface area contributed by atoms with Gasteiger partial charge in [-0.2, -0.15) is 8.78 Å². The summed E-state index contributed by atoms with van der Waals surface area (Å²) >= 11 is 0. The van der Waals surface area contributed by atoms with E-state index >= 15 is 0 Å². The molecule has 2 aliphatic rings. The van der Waals surface area contributed by atoms with Gasteiger partial charge in [0, 0.05) is 37.0 Å². The second-order valence-corrected chi connectivity index (χ2v) is 8.59. The lowest BCUT2D eigenvalue weighted by molar-refractivity contribution is -0.386. The van der Waals surface area contributed by atoms with Gasteiger partial charge in [0.2, 0.25) is 15.8 Å². The molecule has 1 aromatic rings. The molecule has 0 unspecified atom stereocenters. The molecule has 1 aliphatic heterocycles. The molecule has 3 rings (SSSR count). The van der Waals surface area contributed by atoms with E-state index in [1.54, 1.807) is 0 Å². The number of hydrogen-bond donors (Lipinski definition) is 1. The summed E-state index contributed by atoms with van der Waals surface area (Å²) in [7, 11) is -3.19. The first-order valence-electron chi connectivity index (χ1n) is 8.26. The molecule has 11 heteroatoms. The average Bonchev–Trinajstić information content (AvgIpc) is 3.40. The van der Waals surface area contributed by atoms with Gasteiger partial charge in [-0.15, -0.1) is 0 Å². The van der Waals surface area contributed by atoms with E-state index in [-0.39, 0.29) is 11.3 Å². The van der Waals surface area contributed by atoms with E-state index in [2.05, 4.69) is 10.1 Å². The summed E-state index contributed by atoms with van der Waals surface area (Å²) in [5.74, 6) is -0.510. The molecule has 144 valence electrons. The highest BCUT2D eigenvalue weighted by molar-refractivity contribution is 7.90. The number of benzene rings is 1. The second kappa shape index (κ2) is 7.31. The van der Waals surface area contributed by atoms with E-state index in [1.165, 1.54) is 10.4 Å². The number of nitrogens with zero attached hydrogens (tertiary/aromatic N) is 2. The van der Waals surface area contributed by atoms with Crippen molar-refractivity contribution < 1.29 is 26.9 Å². The maximum atomic E-state index is 12.5. The number of nitrogens with one attached hydrogen (secondary N) is 1. The zero-order valence-electron chi connectivity index (χ0n) is 13.8. The lowest BCUT2D eigenvalue weighted by Gasteiger charge is -2.32. The van der Waals surface area contributed by atoms with Crippen LogP contribution >= 0.6 is 0 Å². The van der Waals surface area contributed by atoms with Crippen molar-refractivity contribution in [3.8, 4) is 5.75 Å². The third kappa shape index (κ3) is 4.21. The van der Waals surface area contributed by atoms with E-state index in [1.807, 2.05) is 0 Å². The summed E-state index contributed by atoms with van der Waals surface area (Å²) < 4.78 is 55.1. The smallest absolute Gasteiger partial charge is 0.387 e. The summed E-state index contributed by atoms with van der Waals surface area (Å²) in [4.78, 5) is 10.1. The summed E-state index contributed by atoms with van der Waals surface area (Å²) in [5.41, 5.74) is -0.129. The molecular formula is C15H19F2N3O5S. The first-order valence-corrected chi connectivity index (χ1v) is 9.76. The zero-order chi connectivity index (χ0) is 18.9. The van der Waals surface area contributed by atoms with Gasteiger partial charge in [0.15, 0.2) is 0 Å². The second-order valence-electron chi connectivity index (χ2n) is 6.38. The molecule has 26 heavy (non-hydrogen) atoms. The van der Waals surface area contributed by atoms with Crippen molar-refractivity contribution in [3.63, 3.8) is 0 Å². The van der Waals surface area contributed by atoms with Crippen molar-refractivity contribution in [2.24, 2.45) is 0 Å². The van der Waals surface area contributed by atoms with E-state index < -0.39 is 33.0 Å². The summed E-state index contributed by atoms with van der Waals surface area (Å²) in [6.07, 6.45) is 2.56. The minimum atomic E-state index is -3.19. The first kappa shape index (κ1) is 18.8. The molecule has 1 heterocycles. The molecule has 0 spiro atoms. The molecule has 0 amide bonds. The lowest BCUT2D eigenvalue weighted by Crippen LogP contribution is -2.43. The van der Waals surface area contributed by atoms with Gasteiger partial charge < -0.3 is 10.1 Å². The van der Waals surface area contributed by atoms with Crippen molar-refractivity contribution in [3.05, 3.63) is 28.3 Å². The molecule has 0 bridgehead atoms. The van der Waals surface area contributed by atoms with Crippen LogP contribution in [0.5, 0.6) is 5.75 Å². The number of ether oxygens (including phenoxy) is 1. The Morgan fingerprint density at radius 3 is 2.42 bits per heavy atom. The van der Waals surface area contributed by atoms with E-state index in [9.17, 15) is 27.3 Å². The predicted molar refractivity (Wildman–Crippen MR) is 89.9 cm³/mol. The SMILES string of the molecule is O=[N+]([O-])c1ccc(NC2CCN(S(=O)(=O)C3CC3)CC2)cc1OC(F)F. The van der Waals surface area contributed by atoms with Crippen molar-refractivity contribution in [1.29, 1.82) is 0 Å². The van der Waals surface area contributed by atoms with Crippen LogP contribution in [0, 0.1) is 10.1 Å². The van der Waals surface area contributed by atoms with Gasteiger partial charge in [0.05, 0.1) is 10.2 Å². The third-order valence-electron chi connectivity index (χ3n) is 4.50. The fourth-order valence-corrected chi connectivity index (χ4v) is 4.89. The fourth-order valence-electron chi connectivity index (χ4n) is 3.01. The molecule has 0 aromatic heterocycles. The highest BCUT2D eigenvalue weighted by Gasteiger charge is 2.41. The fraction of sp³-hybridized carbons (Fsp3) is 0.600. The average molecular weight is 391 g/mol. The minimum Gasteiger partial charge on any atom is -0.427 e. The zero-order valence-corrected chi connectivity index (χ0v) is 14.6. The van der Waals surface area contributed by atoms with Crippen molar-refractivity contribution >= 4 is 21.4 Å². The Kier molecular flexibility index (Phi) is 5.28. The normalized spacial score (nSPS) is 19.5. The number of alkyl halides is 2. The number of halogens is 2. The van der Waals surface area contributed by atoms with Gasteiger partial charge in [0.25, 0.3) is 0 Å². The van der Waals surface area contributed by atoms with Crippen LogP contribution in [-0.4, -0.2) is 48.6 Å². The van der Waals surface area contributed by atoms with Crippen LogP contribution in [0.3, 0.4) is 0 Å². The molecule has 1 saturated carbocycles. The number of rotatable bonds is 7. The van der Waals surface area contributed by atoms with Crippen LogP contribution in [-0.2, 0) is 10.0 Å². The van der Waals surface area contributed by atoms with E-state index in [0.717, 1.165) is 25.0 Å². The highest BCUT2D eigenvalue weighted by atomic mass is 32.2. The maximum absolute atomic E-state index is 12.5. The van der Waals surface area contributed by atoms with Crippen molar-refractivity contribution in [2.45, 2.75) is 43.6 Å². The molecule has 0 atom stereocenters. The van der Waals surface area contributed by atoms with Gasteiger partial charge in [0.1, 0.15) is 0 Å². The summed E-state index contributed by atoms with van der Waals surface area (Å²) in [6, 6.07) is 3.63. The molecular weight excluding hydrogens is 372 g/mol. The van der Waals surface area contributed by atoms with Crippen LogP contribution in [0.25, 0.3) is 0 Å². The number of hydrogen-bond acceptors (Lipinski definition) is 6. The first-order chi connectivity index (χ1) is 12.3. The molecule has 1 aliphatic carbocycles. The number of nitro benzene ring substituents is 1. The molecule has 2 fully saturated rings. The lowest BCUT2D eigenvalue weighted by atomic mass is 10.1. The Labute approximate surface area is 149 Å². The minimum absolute atomic E-state index is 0.0542. The predicted octanol–water partition coefficient (Wildman–Crippen LogP) is 2.56. The van der Waals surface area contributed by atoms with Crippen molar-refractivity contribution in [1.82, 2.24) is 4.31 Å². The topological polar surface area (TPSA) is 102 Å². The van der Waals surface area contributed by atoms with E-state index in [0.29, 0.717) is 31.6 Å². The standard InChI is InChI=1S/C15H19F2N3O5S/c16-15(17)25-14-9-11(1-4-13(14)20(21)22)18-10-5-7-19(8-6-10)26(23,24)12-2-3-12/h1,4,9-10,12,15,18H,2-3,5-8H2. The Balaban J connectivity index is 1.63. The number of sulfonamides is 1. The highest BCUT2D eigenvalue weighted by Crippen LogP contribution is 2.34. The van der Waals surface area contributed by atoms with Crippen LogP contribution in [0.4, 0.5) is 20.2 Å². The molecule has 1 aromatic carbocycles. The molecule has 1 saturated heterocycles. The largest absolute Gasteiger partial charge is 0.427 e. The van der Waals surface area contributed by atoms with Crippen LogP contribution in [0.1, 0.15) is 25.7 Å². The molecule has 8 nitrogen and oxygen atoms in total. The molecule has 0 radical (unpaired) electrons. The Bertz CT molecular complexity index is 777. The van der Waals surface area contributed by atoms with Gasteiger partial charge >= 0.3 is 12.3 Å². The Morgan fingerprint density at radius 1 is 1.23 bits per heavy atom.